The molecule has 4 heteroatoms. The first-order valence-corrected chi connectivity index (χ1v) is 5.66. The Morgan fingerprint density at radius 3 is 2.65 bits per heavy atom. The van der Waals surface area contributed by atoms with Crippen molar-refractivity contribution in [3.63, 3.8) is 0 Å². The summed E-state index contributed by atoms with van der Waals surface area (Å²) >= 11 is 0. The lowest BCUT2D eigenvalue weighted by atomic mass is 10.2. The Bertz CT molecular complexity index is 474. The van der Waals surface area contributed by atoms with Gasteiger partial charge in [0.05, 0.1) is 18.9 Å². The third kappa shape index (κ3) is 3.32. The van der Waals surface area contributed by atoms with Gasteiger partial charge in [0.15, 0.2) is 5.75 Å². The number of ether oxygens (including phenoxy) is 1. The smallest absolute Gasteiger partial charge is 0.165 e. The van der Waals surface area contributed by atoms with Crippen LogP contribution < -0.4 is 10.5 Å². The van der Waals surface area contributed by atoms with E-state index in [1.54, 1.807) is 10.9 Å². The molecule has 0 aliphatic carbocycles. The molecule has 1 heterocycles. The van der Waals surface area contributed by atoms with Gasteiger partial charge < -0.3 is 10.5 Å². The minimum Gasteiger partial charge on any atom is -0.454 e. The van der Waals surface area contributed by atoms with Crippen LogP contribution in [0, 0.1) is 6.92 Å². The fourth-order valence-corrected chi connectivity index (χ4v) is 1.53. The molecule has 0 saturated carbocycles. The van der Waals surface area contributed by atoms with Gasteiger partial charge in [-0.2, -0.15) is 5.10 Å². The number of nitrogens with zero attached hydrogens (tertiary/aromatic N) is 2. The van der Waals surface area contributed by atoms with Crippen molar-refractivity contribution >= 4 is 0 Å². The van der Waals surface area contributed by atoms with Crippen LogP contribution in [0.4, 0.5) is 0 Å². The molecule has 2 rings (SSSR count). The molecule has 2 N–H and O–H groups in total. The number of aromatic nitrogens is 2. The summed E-state index contributed by atoms with van der Waals surface area (Å²) in [5.74, 6) is 1.55. The molecule has 0 aliphatic heterocycles. The van der Waals surface area contributed by atoms with Crippen LogP contribution in [0.25, 0.3) is 0 Å². The van der Waals surface area contributed by atoms with E-state index in [1.807, 2.05) is 44.3 Å². The highest BCUT2D eigenvalue weighted by atomic mass is 16.5. The van der Waals surface area contributed by atoms with E-state index in [-0.39, 0.29) is 6.04 Å². The van der Waals surface area contributed by atoms with Gasteiger partial charge in [-0.05, 0) is 26.0 Å². The average Bonchev–Trinajstić information content (AvgIpc) is 2.68. The highest BCUT2D eigenvalue weighted by Crippen LogP contribution is 2.20. The molecule has 90 valence electrons. The quantitative estimate of drug-likeness (QED) is 0.878. The second kappa shape index (κ2) is 5.01. The van der Waals surface area contributed by atoms with Crippen LogP contribution in [0.1, 0.15) is 12.5 Å². The Morgan fingerprint density at radius 2 is 2.00 bits per heavy atom. The summed E-state index contributed by atoms with van der Waals surface area (Å²) < 4.78 is 7.46. The maximum Gasteiger partial charge on any atom is 0.165 e. The zero-order chi connectivity index (χ0) is 12.3. The Labute approximate surface area is 101 Å². The van der Waals surface area contributed by atoms with Crippen molar-refractivity contribution in [3.8, 4) is 11.5 Å². The maximum absolute atomic E-state index is 5.70. The van der Waals surface area contributed by atoms with Gasteiger partial charge >= 0.3 is 0 Å². The van der Waals surface area contributed by atoms with Gasteiger partial charge in [-0.1, -0.05) is 17.7 Å². The van der Waals surface area contributed by atoms with E-state index >= 15 is 0 Å². The molecule has 0 radical (unpaired) electrons. The van der Waals surface area contributed by atoms with Crippen molar-refractivity contribution in [3.05, 3.63) is 42.2 Å². The number of nitrogens with two attached hydrogens (primary N) is 1. The lowest BCUT2D eigenvalue weighted by molar-refractivity contribution is 0.478. The van der Waals surface area contributed by atoms with Crippen LogP contribution in [0.3, 0.4) is 0 Å². The van der Waals surface area contributed by atoms with Crippen LogP contribution in [0.15, 0.2) is 36.7 Å². The molecule has 0 bridgehead atoms. The SMILES string of the molecule is Cc1ccc(Oc2cnn(CC(C)N)c2)cc1. The van der Waals surface area contributed by atoms with Crippen LogP contribution >= 0.6 is 0 Å². The summed E-state index contributed by atoms with van der Waals surface area (Å²) in [5.41, 5.74) is 6.91. The van der Waals surface area contributed by atoms with Gasteiger partial charge in [0.2, 0.25) is 0 Å². The van der Waals surface area contributed by atoms with E-state index in [9.17, 15) is 0 Å². The largest absolute Gasteiger partial charge is 0.454 e. The molecule has 0 fully saturated rings. The standard InChI is InChI=1S/C13H17N3O/c1-10-3-5-12(6-4-10)17-13-7-15-16(9-13)8-11(2)14/h3-7,9,11H,8,14H2,1-2H3. The zero-order valence-corrected chi connectivity index (χ0v) is 10.1. The van der Waals surface area contributed by atoms with Crippen molar-refractivity contribution in [2.24, 2.45) is 5.73 Å². The van der Waals surface area contributed by atoms with E-state index < -0.39 is 0 Å². The molecular weight excluding hydrogens is 214 g/mol. The maximum atomic E-state index is 5.70. The van der Waals surface area contributed by atoms with Crippen molar-refractivity contribution in [1.29, 1.82) is 0 Å². The molecule has 0 saturated heterocycles. The summed E-state index contributed by atoms with van der Waals surface area (Å²) in [4.78, 5) is 0. The molecule has 0 aliphatic rings. The van der Waals surface area contributed by atoms with Gasteiger partial charge in [0.25, 0.3) is 0 Å². The lowest BCUT2D eigenvalue weighted by Gasteiger charge is -2.04. The van der Waals surface area contributed by atoms with Crippen molar-refractivity contribution in [1.82, 2.24) is 9.78 Å². The van der Waals surface area contributed by atoms with Crippen molar-refractivity contribution < 1.29 is 4.74 Å². The number of benzene rings is 1. The van der Waals surface area contributed by atoms with Gasteiger partial charge in [-0.15, -0.1) is 0 Å². The summed E-state index contributed by atoms with van der Waals surface area (Å²) in [6, 6.07) is 8.00. The predicted octanol–water partition coefficient (Wildman–Crippen LogP) is 2.33. The van der Waals surface area contributed by atoms with E-state index in [4.69, 9.17) is 10.5 Å². The summed E-state index contributed by atoms with van der Waals surface area (Å²) in [5, 5.41) is 4.18. The molecular formula is C13H17N3O. The first-order chi connectivity index (χ1) is 8.13. The van der Waals surface area contributed by atoms with Crippen molar-refractivity contribution in [2.75, 3.05) is 0 Å². The Kier molecular flexibility index (Phi) is 3.44. The summed E-state index contributed by atoms with van der Waals surface area (Å²) in [6.07, 6.45) is 3.55. The van der Waals surface area contributed by atoms with Crippen LogP contribution in [-0.2, 0) is 6.54 Å². The fraction of sp³-hybridized carbons (Fsp3) is 0.308. The molecule has 2 aromatic rings. The second-order valence-corrected chi connectivity index (χ2v) is 4.29. The van der Waals surface area contributed by atoms with Gasteiger partial charge in [-0.3, -0.25) is 4.68 Å². The molecule has 1 aromatic heterocycles. The van der Waals surface area contributed by atoms with E-state index in [2.05, 4.69) is 5.10 Å². The van der Waals surface area contributed by atoms with Crippen molar-refractivity contribution in [2.45, 2.75) is 26.4 Å². The third-order valence-electron chi connectivity index (χ3n) is 2.34. The van der Waals surface area contributed by atoms with E-state index in [0.717, 1.165) is 11.5 Å². The molecule has 1 unspecified atom stereocenters. The Morgan fingerprint density at radius 1 is 1.29 bits per heavy atom. The van der Waals surface area contributed by atoms with E-state index in [1.165, 1.54) is 5.56 Å². The molecule has 17 heavy (non-hydrogen) atoms. The Hall–Kier alpha value is -1.81. The molecule has 4 nitrogen and oxygen atoms in total. The monoisotopic (exact) mass is 231 g/mol. The number of aryl methyl sites for hydroxylation is 1. The molecule has 0 spiro atoms. The summed E-state index contributed by atoms with van der Waals surface area (Å²) in [6.45, 7) is 4.68. The van der Waals surface area contributed by atoms with Gasteiger partial charge in [-0.25, -0.2) is 0 Å². The highest BCUT2D eigenvalue weighted by Gasteiger charge is 2.02. The minimum atomic E-state index is 0.0853. The van der Waals surface area contributed by atoms with Gasteiger partial charge in [0, 0.05) is 6.04 Å². The molecule has 1 atom stereocenters. The predicted molar refractivity (Wildman–Crippen MR) is 67.1 cm³/mol. The topological polar surface area (TPSA) is 53.1 Å². The molecule has 0 amide bonds. The third-order valence-corrected chi connectivity index (χ3v) is 2.34. The lowest BCUT2D eigenvalue weighted by Crippen LogP contribution is -2.22. The van der Waals surface area contributed by atoms with E-state index in [0.29, 0.717) is 6.54 Å². The first kappa shape index (κ1) is 11.7. The Balaban J connectivity index is 2.03. The number of rotatable bonds is 4. The van der Waals surface area contributed by atoms with Crippen LogP contribution in [0.2, 0.25) is 0 Å². The average molecular weight is 231 g/mol. The summed E-state index contributed by atoms with van der Waals surface area (Å²) in [7, 11) is 0. The fourth-order valence-electron chi connectivity index (χ4n) is 1.53. The zero-order valence-electron chi connectivity index (χ0n) is 10.1. The molecule has 1 aromatic carbocycles. The van der Waals surface area contributed by atoms with Crippen LogP contribution in [0.5, 0.6) is 11.5 Å². The highest BCUT2D eigenvalue weighted by molar-refractivity contribution is 5.30. The van der Waals surface area contributed by atoms with Crippen LogP contribution in [-0.4, -0.2) is 15.8 Å². The van der Waals surface area contributed by atoms with Gasteiger partial charge in [0.1, 0.15) is 5.75 Å². The minimum absolute atomic E-state index is 0.0853. The number of hydrogen-bond donors (Lipinski definition) is 1. The normalized spacial score (nSPS) is 12.4. The second-order valence-electron chi connectivity index (χ2n) is 4.29. The number of hydrogen-bond acceptors (Lipinski definition) is 3. The first-order valence-electron chi connectivity index (χ1n) is 5.66.